The van der Waals surface area contributed by atoms with Crippen molar-refractivity contribution >= 4 is 57.5 Å². The first-order chi connectivity index (χ1) is 25.2. The second-order valence-corrected chi connectivity index (χ2v) is 15.8. The summed E-state index contributed by atoms with van der Waals surface area (Å²) in [5, 5.41) is 8.04. The van der Waals surface area contributed by atoms with Gasteiger partial charge in [-0.1, -0.05) is 54.2 Å². The molecular weight excluding hydrogens is 701 g/mol. The van der Waals surface area contributed by atoms with E-state index in [1.165, 1.54) is 12.8 Å². The summed E-state index contributed by atoms with van der Waals surface area (Å²) < 4.78 is 14.5. The molecule has 2 aromatic carbocycles. The monoisotopic (exact) mass is 751 g/mol. The molecule has 4 aliphatic rings. The van der Waals surface area contributed by atoms with Crippen LogP contribution in [0.5, 0.6) is 0 Å². The molecule has 7 rings (SSSR count). The number of carbonyl (C=O) groups excluding carboxylic acids is 3. The molecule has 2 aliphatic heterocycles. The Morgan fingerprint density at radius 1 is 0.981 bits per heavy atom. The van der Waals surface area contributed by atoms with Gasteiger partial charge < -0.3 is 24.7 Å². The van der Waals surface area contributed by atoms with Crippen molar-refractivity contribution in [2.24, 2.45) is 18.9 Å². The largest absolute Gasteiger partial charge is 0.466 e. The fraction of sp³-hybridized carbons (Fsp3) is 0.575. The maximum absolute atomic E-state index is 15.3. The molecule has 0 radical (unpaired) electrons. The van der Waals surface area contributed by atoms with Crippen LogP contribution in [0, 0.1) is 11.8 Å². The van der Waals surface area contributed by atoms with Crippen molar-refractivity contribution in [3.05, 3.63) is 63.8 Å². The molecule has 2 unspecified atom stereocenters. The lowest BCUT2D eigenvalue weighted by molar-refractivity contribution is -0.267. The molecule has 3 aromatic rings. The fourth-order valence-electron chi connectivity index (χ4n) is 8.58. The van der Waals surface area contributed by atoms with Gasteiger partial charge in [0, 0.05) is 74.4 Å². The molecule has 2 aliphatic carbocycles. The van der Waals surface area contributed by atoms with E-state index in [4.69, 9.17) is 32.7 Å². The van der Waals surface area contributed by atoms with Crippen molar-refractivity contribution in [3.8, 4) is 0 Å². The number of aryl methyl sites for hydroxylation is 1. The van der Waals surface area contributed by atoms with E-state index >= 15 is 4.79 Å². The van der Waals surface area contributed by atoms with Gasteiger partial charge in [-0.15, -0.1) is 0 Å². The Labute approximate surface area is 316 Å². The van der Waals surface area contributed by atoms with Crippen molar-refractivity contribution in [1.82, 2.24) is 19.7 Å². The van der Waals surface area contributed by atoms with Crippen LogP contribution in [0.4, 0.5) is 5.69 Å². The van der Waals surface area contributed by atoms with E-state index in [0.717, 1.165) is 56.3 Å². The van der Waals surface area contributed by atoms with Crippen LogP contribution in [-0.2, 0) is 32.5 Å². The Hall–Kier alpha value is -2.99. The quantitative estimate of drug-likeness (QED) is 0.184. The molecular formula is C40H51Cl2N5O5. The molecule has 10 nitrogen and oxygen atoms in total. The third kappa shape index (κ3) is 7.79. The van der Waals surface area contributed by atoms with Crippen LogP contribution in [0.2, 0.25) is 10.0 Å². The molecule has 52 heavy (non-hydrogen) atoms. The number of halogens is 2. The molecule has 1 amide bonds. The number of anilines is 1. The van der Waals surface area contributed by atoms with Gasteiger partial charge in [-0.3, -0.25) is 24.2 Å². The van der Waals surface area contributed by atoms with Crippen molar-refractivity contribution in [3.63, 3.8) is 0 Å². The van der Waals surface area contributed by atoms with E-state index in [2.05, 4.69) is 20.4 Å². The molecule has 3 heterocycles. The molecule has 280 valence electrons. The molecule has 1 aromatic heterocycles. The molecule has 2 N–H and O–H groups in total. The summed E-state index contributed by atoms with van der Waals surface area (Å²) in [5.41, 5.74) is 2.45. The first-order valence-corrected chi connectivity index (χ1v) is 19.9. The van der Waals surface area contributed by atoms with Gasteiger partial charge in [-0.25, -0.2) is 0 Å². The number of ketones is 1. The molecule has 2 saturated carbocycles. The van der Waals surface area contributed by atoms with Gasteiger partial charge in [0.15, 0.2) is 5.78 Å². The number of nitrogens with one attached hydrogen (secondary N) is 2. The number of amides is 1. The number of hydrogen-bond donors (Lipinski definition) is 2. The van der Waals surface area contributed by atoms with Gasteiger partial charge in [0.1, 0.15) is 0 Å². The van der Waals surface area contributed by atoms with E-state index in [-0.39, 0.29) is 42.1 Å². The first-order valence-electron chi connectivity index (χ1n) is 19.1. The number of fused-ring (bicyclic) bond motifs is 1. The number of carbonyl (C=O) groups is 3. The third-order valence-corrected chi connectivity index (χ3v) is 12.1. The maximum atomic E-state index is 15.3. The van der Waals surface area contributed by atoms with Crippen LogP contribution >= 0.6 is 23.2 Å². The average Bonchev–Trinajstić information content (AvgIpc) is 3.65. The summed E-state index contributed by atoms with van der Waals surface area (Å²) in [5.74, 6) is -1.25. The first kappa shape index (κ1) is 37.3. The highest BCUT2D eigenvalue weighted by atomic mass is 35.5. The number of nitrogens with zero attached hydrogens (tertiary/aromatic N) is 3. The number of benzene rings is 2. The highest BCUT2D eigenvalue weighted by molar-refractivity contribution is 6.36. The number of para-hydroxylation sites is 1. The van der Waals surface area contributed by atoms with Crippen molar-refractivity contribution < 1.29 is 23.9 Å². The molecule has 12 heteroatoms. The molecule has 4 fully saturated rings. The van der Waals surface area contributed by atoms with Crippen molar-refractivity contribution in [2.45, 2.75) is 89.1 Å². The van der Waals surface area contributed by atoms with E-state index in [9.17, 15) is 9.59 Å². The van der Waals surface area contributed by atoms with Crippen molar-refractivity contribution in [1.29, 1.82) is 0 Å². The number of aromatic nitrogens is 1. The minimum Gasteiger partial charge on any atom is -0.466 e. The standard InChI is InChI=1S/C40H51Cl2N5O5/c1-3-51-39(50)27-12-14-30(15-13-27)52-40(46-17-6-7-18-46,47-19-16-43-24-29(47)20-26-10-11-26)37(48)22-28-21-34(42)35(23-33(28)41)44-38(49)32-25-45(2)36-9-5-4-8-31(32)36/h4-5,8-9,21,23,25-27,29-30,43H,3,6-7,10-20,22,24H2,1-2H3,(H,44,49). The Kier molecular flexibility index (Phi) is 11.6. The van der Waals surface area contributed by atoms with Gasteiger partial charge in [0.25, 0.3) is 5.91 Å². The number of piperazine rings is 1. The topological polar surface area (TPSA) is 105 Å². The van der Waals surface area contributed by atoms with Crippen LogP contribution in [0.1, 0.15) is 80.6 Å². The van der Waals surface area contributed by atoms with Crippen LogP contribution in [0.15, 0.2) is 42.6 Å². The van der Waals surface area contributed by atoms with E-state index in [0.29, 0.717) is 71.6 Å². The van der Waals surface area contributed by atoms with Crippen LogP contribution < -0.4 is 10.6 Å². The number of hydrogen-bond acceptors (Lipinski definition) is 8. The fourth-order valence-corrected chi connectivity index (χ4v) is 9.05. The molecule has 0 spiro atoms. The smallest absolute Gasteiger partial charge is 0.308 e. The number of Topliss-reactive ketones (excluding diaryl/α,β-unsaturated/α-hetero) is 1. The predicted octanol–water partition coefficient (Wildman–Crippen LogP) is 6.81. The van der Waals surface area contributed by atoms with Gasteiger partial charge in [-0.2, -0.15) is 0 Å². The van der Waals surface area contributed by atoms with E-state index in [1.807, 2.05) is 42.8 Å². The number of likely N-dealkylation sites (tertiary alicyclic amines) is 1. The zero-order valence-electron chi connectivity index (χ0n) is 30.3. The summed E-state index contributed by atoms with van der Waals surface area (Å²) in [6, 6.07) is 11.2. The van der Waals surface area contributed by atoms with Gasteiger partial charge in [0.05, 0.1) is 34.9 Å². The maximum Gasteiger partial charge on any atom is 0.308 e. The molecule has 2 saturated heterocycles. The average molecular weight is 753 g/mol. The Balaban J connectivity index is 1.17. The Morgan fingerprint density at radius 2 is 1.73 bits per heavy atom. The minimum absolute atomic E-state index is 0.0187. The zero-order chi connectivity index (χ0) is 36.4. The van der Waals surface area contributed by atoms with Gasteiger partial charge >= 0.3 is 5.97 Å². The lowest BCUT2D eigenvalue weighted by Crippen LogP contribution is -2.73. The number of ether oxygens (including phenoxy) is 2. The SMILES string of the molecule is CCOC(=O)C1CCC(OC(C(=O)Cc2cc(Cl)c(NC(=O)c3cn(C)c4ccccc34)cc2Cl)(N2CCCC2)N2CCNCC2CC2CC2)CC1. The molecule has 0 bridgehead atoms. The van der Waals surface area contributed by atoms with Crippen LogP contribution in [-0.4, -0.2) is 89.4 Å². The Morgan fingerprint density at radius 3 is 2.46 bits per heavy atom. The second-order valence-electron chi connectivity index (χ2n) is 15.0. The van der Waals surface area contributed by atoms with Crippen molar-refractivity contribution in [2.75, 3.05) is 44.6 Å². The second kappa shape index (κ2) is 16.2. The lowest BCUT2D eigenvalue weighted by Gasteiger charge is -2.54. The lowest BCUT2D eigenvalue weighted by atomic mass is 9.87. The van der Waals surface area contributed by atoms with Crippen LogP contribution in [0.3, 0.4) is 0 Å². The highest BCUT2D eigenvalue weighted by Crippen LogP contribution is 2.42. The number of rotatable bonds is 13. The number of esters is 1. The minimum atomic E-state index is -1.28. The van der Waals surface area contributed by atoms with Crippen LogP contribution in [0.25, 0.3) is 10.9 Å². The van der Waals surface area contributed by atoms with E-state index < -0.39 is 5.85 Å². The third-order valence-electron chi connectivity index (χ3n) is 11.4. The summed E-state index contributed by atoms with van der Waals surface area (Å²) in [4.78, 5) is 46.0. The highest BCUT2D eigenvalue weighted by Gasteiger charge is 2.55. The summed E-state index contributed by atoms with van der Waals surface area (Å²) in [6.07, 6.45) is 9.81. The predicted molar refractivity (Wildman–Crippen MR) is 204 cm³/mol. The summed E-state index contributed by atoms with van der Waals surface area (Å²) in [7, 11) is 1.91. The Bertz CT molecular complexity index is 1780. The van der Waals surface area contributed by atoms with Gasteiger partial charge in [-0.05, 0) is 81.5 Å². The molecule has 2 atom stereocenters. The van der Waals surface area contributed by atoms with Gasteiger partial charge in [0.2, 0.25) is 5.85 Å². The summed E-state index contributed by atoms with van der Waals surface area (Å²) in [6.45, 7) is 5.98. The normalized spacial score (nSPS) is 24.1. The van der Waals surface area contributed by atoms with E-state index in [1.54, 1.807) is 18.3 Å². The zero-order valence-corrected chi connectivity index (χ0v) is 31.8. The summed E-state index contributed by atoms with van der Waals surface area (Å²) >= 11 is 13.8.